The number of carbonyl (C=O) groups is 1. The zero-order valence-electron chi connectivity index (χ0n) is 18.2. The van der Waals surface area contributed by atoms with Gasteiger partial charge in [0, 0.05) is 19.2 Å². The molecular weight excluding hydrogens is 416 g/mol. The first-order valence-electron chi connectivity index (χ1n) is 10.0. The SMILES string of the molecule is COc1cccc(OCC(=O)NCCn2ncc3c(NCC(C)C)nc(SC)nc32)c1. The standard InChI is InChI=1S/C21H28N6O3S/c1-14(2)11-23-19-17-12-24-27(20(17)26-21(25-19)31-4)9-8-22-18(28)13-30-16-7-5-6-15(10-16)29-3/h5-7,10,12,14H,8-9,11,13H2,1-4H3,(H,22,28)(H,23,25,26). The van der Waals surface area contributed by atoms with Crippen molar-refractivity contribution >= 4 is 34.5 Å². The highest BCUT2D eigenvalue weighted by Crippen LogP contribution is 2.23. The normalized spacial score (nSPS) is 11.0. The third-order valence-corrected chi connectivity index (χ3v) is 4.94. The van der Waals surface area contributed by atoms with E-state index < -0.39 is 0 Å². The number of methoxy groups -OCH3 is 1. The van der Waals surface area contributed by atoms with E-state index in [1.165, 1.54) is 11.8 Å². The van der Waals surface area contributed by atoms with Gasteiger partial charge in [-0.3, -0.25) is 4.79 Å². The monoisotopic (exact) mass is 444 g/mol. The van der Waals surface area contributed by atoms with Crippen LogP contribution >= 0.6 is 11.8 Å². The Balaban J connectivity index is 1.57. The van der Waals surface area contributed by atoms with Crippen molar-refractivity contribution in [1.82, 2.24) is 25.1 Å². The molecule has 2 N–H and O–H groups in total. The molecule has 0 aliphatic carbocycles. The molecule has 0 saturated carbocycles. The number of benzene rings is 1. The van der Waals surface area contributed by atoms with Crippen LogP contribution in [0.4, 0.5) is 5.82 Å². The summed E-state index contributed by atoms with van der Waals surface area (Å²) in [5.74, 6) is 2.32. The second kappa shape index (κ2) is 10.9. The molecule has 166 valence electrons. The highest BCUT2D eigenvalue weighted by molar-refractivity contribution is 7.98. The third kappa shape index (κ3) is 6.24. The van der Waals surface area contributed by atoms with Gasteiger partial charge in [-0.15, -0.1) is 0 Å². The van der Waals surface area contributed by atoms with Gasteiger partial charge in [0.15, 0.2) is 17.4 Å². The molecule has 1 aromatic carbocycles. The van der Waals surface area contributed by atoms with Crippen LogP contribution in [0.5, 0.6) is 11.5 Å². The average Bonchev–Trinajstić information content (AvgIpc) is 3.19. The minimum absolute atomic E-state index is 0.0743. The van der Waals surface area contributed by atoms with Crippen molar-refractivity contribution in [3.8, 4) is 11.5 Å². The molecule has 2 aromatic heterocycles. The van der Waals surface area contributed by atoms with Gasteiger partial charge < -0.3 is 20.1 Å². The van der Waals surface area contributed by atoms with E-state index in [1.54, 1.807) is 30.1 Å². The van der Waals surface area contributed by atoms with E-state index in [4.69, 9.17) is 9.47 Å². The topological polar surface area (TPSA) is 103 Å². The fourth-order valence-corrected chi connectivity index (χ4v) is 3.18. The van der Waals surface area contributed by atoms with Crippen molar-refractivity contribution in [2.45, 2.75) is 25.5 Å². The van der Waals surface area contributed by atoms with Crippen LogP contribution in [0.25, 0.3) is 11.0 Å². The molecular formula is C21H28N6O3S. The van der Waals surface area contributed by atoms with E-state index in [9.17, 15) is 4.79 Å². The fourth-order valence-electron chi connectivity index (χ4n) is 2.82. The number of nitrogens with one attached hydrogen (secondary N) is 2. The van der Waals surface area contributed by atoms with Crippen LogP contribution < -0.4 is 20.1 Å². The second-order valence-electron chi connectivity index (χ2n) is 7.26. The van der Waals surface area contributed by atoms with Crippen LogP contribution in [0.1, 0.15) is 13.8 Å². The van der Waals surface area contributed by atoms with Gasteiger partial charge in [-0.2, -0.15) is 5.10 Å². The van der Waals surface area contributed by atoms with E-state index in [1.807, 2.05) is 18.4 Å². The Morgan fingerprint density at radius 3 is 2.81 bits per heavy atom. The Hall–Kier alpha value is -3.01. The summed E-state index contributed by atoms with van der Waals surface area (Å²) in [4.78, 5) is 21.3. The largest absolute Gasteiger partial charge is 0.497 e. The first kappa shape index (κ1) is 22.7. The fraction of sp³-hybridized carbons (Fsp3) is 0.429. The maximum atomic E-state index is 12.1. The Bertz CT molecular complexity index is 1020. The van der Waals surface area contributed by atoms with Crippen LogP contribution in [0.3, 0.4) is 0 Å². The predicted molar refractivity (Wildman–Crippen MR) is 122 cm³/mol. The van der Waals surface area contributed by atoms with E-state index in [2.05, 4.69) is 39.5 Å². The first-order chi connectivity index (χ1) is 15.0. The summed E-state index contributed by atoms with van der Waals surface area (Å²) in [6.45, 7) is 5.92. The molecule has 9 nitrogen and oxygen atoms in total. The summed E-state index contributed by atoms with van der Waals surface area (Å²) in [7, 11) is 1.58. The molecule has 0 aliphatic heterocycles. The first-order valence-corrected chi connectivity index (χ1v) is 11.3. The average molecular weight is 445 g/mol. The molecule has 1 amide bonds. The molecule has 0 aliphatic rings. The van der Waals surface area contributed by atoms with Crippen molar-refractivity contribution in [1.29, 1.82) is 0 Å². The number of nitrogens with zero attached hydrogens (tertiary/aromatic N) is 4. The maximum absolute atomic E-state index is 12.1. The number of ether oxygens (including phenoxy) is 2. The van der Waals surface area contributed by atoms with Crippen molar-refractivity contribution in [3.63, 3.8) is 0 Å². The molecule has 0 atom stereocenters. The van der Waals surface area contributed by atoms with E-state index in [0.29, 0.717) is 35.7 Å². The number of hydrogen-bond acceptors (Lipinski definition) is 8. The summed E-state index contributed by atoms with van der Waals surface area (Å²) in [6, 6.07) is 7.14. The van der Waals surface area contributed by atoms with Gasteiger partial charge in [0.05, 0.1) is 25.2 Å². The predicted octanol–water partition coefficient (Wildman–Crippen LogP) is 2.82. The molecule has 0 bridgehead atoms. The van der Waals surface area contributed by atoms with E-state index >= 15 is 0 Å². The smallest absolute Gasteiger partial charge is 0.258 e. The van der Waals surface area contributed by atoms with Crippen LogP contribution in [0, 0.1) is 5.92 Å². The summed E-state index contributed by atoms with van der Waals surface area (Å²) >= 11 is 1.48. The number of carbonyl (C=O) groups excluding carboxylic acids is 1. The Morgan fingerprint density at radius 2 is 2.06 bits per heavy atom. The Labute approximate surface area is 185 Å². The van der Waals surface area contributed by atoms with Gasteiger partial charge in [0.2, 0.25) is 0 Å². The number of anilines is 1. The van der Waals surface area contributed by atoms with Crippen molar-refractivity contribution in [2.24, 2.45) is 5.92 Å². The number of thioether (sulfide) groups is 1. The Kier molecular flexibility index (Phi) is 7.94. The van der Waals surface area contributed by atoms with Gasteiger partial charge in [-0.25, -0.2) is 14.6 Å². The van der Waals surface area contributed by atoms with Crippen LogP contribution in [0.2, 0.25) is 0 Å². The lowest BCUT2D eigenvalue weighted by atomic mass is 10.2. The molecule has 10 heteroatoms. The van der Waals surface area contributed by atoms with Gasteiger partial charge in [0.1, 0.15) is 17.3 Å². The highest BCUT2D eigenvalue weighted by Gasteiger charge is 2.13. The van der Waals surface area contributed by atoms with Crippen LogP contribution in [0.15, 0.2) is 35.6 Å². The van der Waals surface area contributed by atoms with Crippen LogP contribution in [-0.2, 0) is 11.3 Å². The molecule has 0 saturated heterocycles. The van der Waals surface area contributed by atoms with Gasteiger partial charge in [-0.1, -0.05) is 31.7 Å². The molecule has 0 fully saturated rings. The third-order valence-electron chi connectivity index (χ3n) is 4.39. The van der Waals surface area contributed by atoms with Crippen molar-refractivity contribution < 1.29 is 14.3 Å². The molecule has 0 spiro atoms. The van der Waals surface area contributed by atoms with E-state index in [-0.39, 0.29) is 12.5 Å². The van der Waals surface area contributed by atoms with Gasteiger partial charge in [0.25, 0.3) is 5.91 Å². The maximum Gasteiger partial charge on any atom is 0.258 e. The van der Waals surface area contributed by atoms with Crippen LogP contribution in [-0.4, -0.2) is 58.7 Å². The lowest BCUT2D eigenvalue weighted by molar-refractivity contribution is -0.123. The molecule has 0 unspecified atom stereocenters. The number of aromatic nitrogens is 4. The van der Waals surface area contributed by atoms with Gasteiger partial charge in [-0.05, 0) is 24.3 Å². The van der Waals surface area contributed by atoms with E-state index in [0.717, 1.165) is 23.4 Å². The number of amides is 1. The summed E-state index contributed by atoms with van der Waals surface area (Å²) in [5.41, 5.74) is 0.743. The number of hydrogen-bond donors (Lipinski definition) is 2. The summed E-state index contributed by atoms with van der Waals surface area (Å²) < 4.78 is 12.4. The Morgan fingerprint density at radius 1 is 1.26 bits per heavy atom. The molecule has 0 radical (unpaired) electrons. The lowest BCUT2D eigenvalue weighted by Crippen LogP contribution is -2.31. The number of fused-ring (bicyclic) bond motifs is 1. The second-order valence-corrected chi connectivity index (χ2v) is 8.03. The molecule has 3 rings (SSSR count). The van der Waals surface area contributed by atoms with Crippen molar-refractivity contribution in [3.05, 3.63) is 30.5 Å². The highest BCUT2D eigenvalue weighted by atomic mass is 32.2. The zero-order chi connectivity index (χ0) is 22.2. The minimum atomic E-state index is -0.210. The van der Waals surface area contributed by atoms with Gasteiger partial charge >= 0.3 is 0 Å². The number of rotatable bonds is 11. The lowest BCUT2D eigenvalue weighted by Gasteiger charge is -2.11. The summed E-state index contributed by atoms with van der Waals surface area (Å²) in [5, 5.41) is 12.2. The minimum Gasteiger partial charge on any atom is -0.497 e. The van der Waals surface area contributed by atoms with Crippen molar-refractivity contribution in [2.75, 3.05) is 38.4 Å². The molecule has 3 aromatic rings. The zero-order valence-corrected chi connectivity index (χ0v) is 19.0. The quantitative estimate of drug-likeness (QED) is 0.344. The molecule has 31 heavy (non-hydrogen) atoms. The molecule has 2 heterocycles. The summed E-state index contributed by atoms with van der Waals surface area (Å²) in [6.07, 6.45) is 3.70.